The molecule has 0 aliphatic carbocycles. The molecular weight excluding hydrogens is 311 g/mol. The fourth-order valence-electron chi connectivity index (χ4n) is 4.14. The fourth-order valence-corrected chi connectivity index (χ4v) is 4.14. The van der Waals surface area contributed by atoms with Crippen LogP contribution in [0.2, 0.25) is 0 Å². The van der Waals surface area contributed by atoms with Crippen molar-refractivity contribution in [3.05, 3.63) is 75.8 Å². The Bertz CT molecular complexity index is 848. The third-order valence-electron chi connectivity index (χ3n) is 4.91. The van der Waals surface area contributed by atoms with Gasteiger partial charge in [-0.3, -0.25) is 0 Å². The number of aryl methyl sites for hydroxylation is 6. The van der Waals surface area contributed by atoms with Gasteiger partial charge in [-0.1, -0.05) is 59.3 Å². The van der Waals surface area contributed by atoms with Gasteiger partial charge < -0.3 is 5.11 Å². The molecule has 2 heteroatoms. The molecule has 0 spiro atoms. The van der Waals surface area contributed by atoms with Crippen LogP contribution in [0.25, 0.3) is 22.3 Å². The van der Waals surface area contributed by atoms with Crippen molar-refractivity contribution in [2.45, 2.75) is 41.5 Å². The van der Waals surface area contributed by atoms with Crippen LogP contribution in [0.1, 0.15) is 33.4 Å². The minimum Gasteiger partial charge on any atom is -0.872 e. The van der Waals surface area contributed by atoms with E-state index in [0.717, 1.165) is 44.5 Å². The van der Waals surface area contributed by atoms with Crippen LogP contribution < -0.4 is 24.0 Å². The maximum Gasteiger partial charge on any atom is 1.00 e. The smallest absolute Gasteiger partial charge is 0.872 e. The van der Waals surface area contributed by atoms with Crippen LogP contribution in [-0.4, -0.2) is 0 Å². The van der Waals surface area contributed by atoms with Crippen LogP contribution in [0.3, 0.4) is 0 Å². The molecule has 0 unspecified atom stereocenters. The van der Waals surface area contributed by atoms with Gasteiger partial charge in [0.15, 0.2) is 0 Å². The average molecular weight is 336 g/mol. The molecule has 0 aromatic heterocycles. The Balaban J connectivity index is 0.00000243. The Labute approximate surface area is 169 Å². The van der Waals surface area contributed by atoms with Crippen LogP contribution in [0.15, 0.2) is 42.5 Å². The summed E-state index contributed by atoms with van der Waals surface area (Å²) in [6.45, 7) is 12.5. The van der Waals surface area contributed by atoms with Crippen LogP contribution in [0.4, 0.5) is 0 Å². The number of para-hydroxylation sites is 1. The van der Waals surface area contributed by atoms with Gasteiger partial charge in [0.05, 0.1) is 0 Å². The Morgan fingerprint density at radius 1 is 0.577 bits per heavy atom. The molecule has 3 aromatic rings. The SMILES string of the molecule is Cc1cc(C)c(-c2cccc(-c3c(C)cc(C)cc3C)c2[O-])c(C)c1.[Li+]. The van der Waals surface area contributed by atoms with Gasteiger partial charge in [0.25, 0.3) is 0 Å². The van der Waals surface area contributed by atoms with E-state index in [1.54, 1.807) is 0 Å². The number of rotatable bonds is 2. The van der Waals surface area contributed by atoms with Crippen molar-refractivity contribution in [2.75, 3.05) is 0 Å². The molecule has 0 bridgehead atoms. The molecule has 3 rings (SSSR count). The molecule has 0 atom stereocenters. The summed E-state index contributed by atoms with van der Waals surface area (Å²) in [4.78, 5) is 0. The molecule has 1 nitrogen and oxygen atoms in total. The van der Waals surface area contributed by atoms with Crippen LogP contribution in [-0.2, 0) is 0 Å². The normalized spacial score (nSPS) is 10.5. The molecule has 26 heavy (non-hydrogen) atoms. The summed E-state index contributed by atoms with van der Waals surface area (Å²) in [7, 11) is 0. The quantitative estimate of drug-likeness (QED) is 0.660. The molecule has 0 saturated carbocycles. The minimum atomic E-state index is 0. The van der Waals surface area contributed by atoms with E-state index in [1.165, 1.54) is 11.1 Å². The van der Waals surface area contributed by atoms with Gasteiger partial charge in [-0.15, -0.1) is 0 Å². The number of hydrogen-bond donors (Lipinski definition) is 0. The number of benzene rings is 3. The van der Waals surface area contributed by atoms with E-state index in [0.29, 0.717) is 0 Å². The van der Waals surface area contributed by atoms with Crippen molar-refractivity contribution in [1.29, 1.82) is 0 Å². The standard InChI is InChI=1S/C24H26O.Li/c1-14-10-16(3)22(17(4)11-14)20-8-7-9-21(24(20)25)23-18(5)12-15(2)13-19(23)6;/h7-13,25H,1-6H3;/q;+1/p-1. The zero-order valence-corrected chi connectivity index (χ0v) is 16.9. The third-order valence-corrected chi connectivity index (χ3v) is 4.91. The second-order valence-electron chi connectivity index (χ2n) is 7.23. The first-order valence-electron chi connectivity index (χ1n) is 8.76. The van der Waals surface area contributed by atoms with Crippen LogP contribution >= 0.6 is 0 Å². The van der Waals surface area contributed by atoms with Crippen molar-refractivity contribution in [3.8, 4) is 28.0 Å². The zero-order valence-electron chi connectivity index (χ0n) is 16.9. The van der Waals surface area contributed by atoms with E-state index in [2.05, 4.69) is 65.8 Å². The number of hydrogen-bond acceptors (Lipinski definition) is 1. The Hall–Kier alpha value is -1.94. The summed E-state index contributed by atoms with van der Waals surface area (Å²) >= 11 is 0. The maximum absolute atomic E-state index is 13.3. The first kappa shape index (κ1) is 20.4. The predicted octanol–water partition coefficient (Wildman–Crippen LogP) is 2.95. The Kier molecular flexibility index (Phi) is 6.07. The molecule has 0 aliphatic heterocycles. The summed E-state index contributed by atoms with van der Waals surface area (Å²) in [5, 5.41) is 13.3. The molecule has 0 amide bonds. The van der Waals surface area contributed by atoms with E-state index >= 15 is 0 Å². The van der Waals surface area contributed by atoms with Gasteiger partial charge >= 0.3 is 18.9 Å². The molecule has 0 aliphatic rings. The second-order valence-corrected chi connectivity index (χ2v) is 7.23. The van der Waals surface area contributed by atoms with Gasteiger partial charge in [-0.05, 0) is 86.1 Å². The zero-order chi connectivity index (χ0) is 18.3. The van der Waals surface area contributed by atoms with Gasteiger partial charge in [0.1, 0.15) is 0 Å². The van der Waals surface area contributed by atoms with E-state index < -0.39 is 0 Å². The summed E-state index contributed by atoms with van der Waals surface area (Å²) < 4.78 is 0. The molecule has 128 valence electrons. The summed E-state index contributed by atoms with van der Waals surface area (Å²) in [5.41, 5.74) is 10.8. The van der Waals surface area contributed by atoms with E-state index in [9.17, 15) is 5.11 Å². The molecule has 3 aromatic carbocycles. The largest absolute Gasteiger partial charge is 1.00 e. The van der Waals surface area contributed by atoms with E-state index in [-0.39, 0.29) is 24.6 Å². The predicted molar refractivity (Wildman–Crippen MR) is 105 cm³/mol. The van der Waals surface area contributed by atoms with Crippen molar-refractivity contribution in [2.24, 2.45) is 0 Å². The molecule has 0 N–H and O–H groups in total. The second kappa shape index (κ2) is 7.75. The van der Waals surface area contributed by atoms with Crippen molar-refractivity contribution in [1.82, 2.24) is 0 Å². The van der Waals surface area contributed by atoms with E-state index in [1.807, 2.05) is 18.2 Å². The average Bonchev–Trinajstić information content (AvgIpc) is 2.48. The molecule has 0 heterocycles. The molecule has 0 fully saturated rings. The van der Waals surface area contributed by atoms with Crippen molar-refractivity contribution in [3.63, 3.8) is 0 Å². The van der Waals surface area contributed by atoms with Crippen LogP contribution in [0, 0.1) is 41.5 Å². The van der Waals surface area contributed by atoms with Crippen molar-refractivity contribution < 1.29 is 24.0 Å². The van der Waals surface area contributed by atoms with Gasteiger partial charge in [-0.25, -0.2) is 0 Å². The molecular formula is C24H25LiO. The topological polar surface area (TPSA) is 23.1 Å². The summed E-state index contributed by atoms with van der Waals surface area (Å²) in [5.74, 6) is 0.118. The maximum atomic E-state index is 13.3. The van der Waals surface area contributed by atoms with Gasteiger partial charge in [0.2, 0.25) is 0 Å². The Morgan fingerprint density at radius 2 is 0.885 bits per heavy atom. The summed E-state index contributed by atoms with van der Waals surface area (Å²) in [6, 6.07) is 14.5. The van der Waals surface area contributed by atoms with Gasteiger partial charge in [-0.2, -0.15) is 0 Å². The third kappa shape index (κ3) is 3.61. The molecule has 0 radical (unpaired) electrons. The van der Waals surface area contributed by atoms with Crippen molar-refractivity contribution >= 4 is 0 Å². The molecule has 0 saturated heterocycles. The summed E-state index contributed by atoms with van der Waals surface area (Å²) in [6.07, 6.45) is 0. The first-order valence-corrected chi connectivity index (χ1v) is 8.76. The monoisotopic (exact) mass is 336 g/mol. The minimum absolute atomic E-state index is 0. The van der Waals surface area contributed by atoms with Gasteiger partial charge in [0, 0.05) is 0 Å². The first-order chi connectivity index (χ1) is 11.8. The fraction of sp³-hybridized carbons (Fsp3) is 0.250. The Morgan fingerprint density at radius 3 is 1.19 bits per heavy atom. The van der Waals surface area contributed by atoms with E-state index in [4.69, 9.17) is 0 Å². The van der Waals surface area contributed by atoms with Crippen LogP contribution in [0.5, 0.6) is 5.75 Å².